The number of nitrogens with one attached hydrogen (secondary N) is 2. The van der Waals surface area contributed by atoms with E-state index in [1.807, 2.05) is 24.3 Å². The van der Waals surface area contributed by atoms with Crippen molar-refractivity contribution < 1.29 is 13.9 Å². The lowest BCUT2D eigenvalue weighted by atomic mass is 9.92. The van der Waals surface area contributed by atoms with E-state index in [4.69, 9.17) is 4.74 Å². The zero-order valence-electron chi connectivity index (χ0n) is 14.0. The number of carbonyl (C=O) groups is 1. The van der Waals surface area contributed by atoms with Crippen LogP contribution in [-0.2, 0) is 13.0 Å². The number of rotatable bonds is 3. The molecule has 0 radical (unpaired) electrons. The molecule has 0 bridgehead atoms. The zero-order chi connectivity index (χ0) is 17.2. The van der Waals surface area contributed by atoms with Crippen LogP contribution < -0.4 is 15.4 Å². The molecule has 0 saturated heterocycles. The third-order valence-corrected chi connectivity index (χ3v) is 5.02. The van der Waals surface area contributed by atoms with Crippen LogP contribution in [0.4, 0.5) is 4.39 Å². The van der Waals surface area contributed by atoms with Crippen molar-refractivity contribution in [2.75, 3.05) is 19.7 Å². The Morgan fingerprint density at radius 3 is 3.12 bits per heavy atom. The van der Waals surface area contributed by atoms with Crippen molar-refractivity contribution in [1.82, 2.24) is 10.6 Å². The first kappa shape index (κ1) is 16.1. The fourth-order valence-corrected chi connectivity index (χ4v) is 3.70. The van der Waals surface area contributed by atoms with E-state index in [1.165, 1.54) is 6.07 Å². The smallest absolute Gasteiger partial charge is 0.251 e. The Kier molecular flexibility index (Phi) is 4.40. The Morgan fingerprint density at radius 1 is 1.32 bits per heavy atom. The number of hydrogen-bond acceptors (Lipinski definition) is 3. The molecule has 2 heterocycles. The third kappa shape index (κ3) is 3.24. The van der Waals surface area contributed by atoms with Gasteiger partial charge in [0.05, 0.1) is 6.61 Å². The van der Waals surface area contributed by atoms with Gasteiger partial charge in [-0.2, -0.15) is 0 Å². The average molecular weight is 340 g/mol. The molecule has 2 aliphatic rings. The van der Waals surface area contributed by atoms with E-state index < -0.39 is 0 Å². The summed E-state index contributed by atoms with van der Waals surface area (Å²) in [5.41, 5.74) is 3.41. The Hall–Kier alpha value is -2.40. The number of ether oxygens (including phenoxy) is 1. The van der Waals surface area contributed by atoms with Crippen LogP contribution in [0.25, 0.3) is 0 Å². The van der Waals surface area contributed by atoms with Crippen molar-refractivity contribution in [2.45, 2.75) is 25.3 Å². The summed E-state index contributed by atoms with van der Waals surface area (Å²) in [5, 5.41) is 6.25. The highest BCUT2D eigenvalue weighted by Crippen LogP contribution is 2.32. The van der Waals surface area contributed by atoms with Gasteiger partial charge in [0.1, 0.15) is 11.6 Å². The fourth-order valence-electron chi connectivity index (χ4n) is 3.70. The number of hydrogen-bond donors (Lipinski definition) is 2. The first-order valence-electron chi connectivity index (χ1n) is 8.74. The minimum atomic E-state index is -0.345. The topological polar surface area (TPSA) is 50.4 Å². The highest BCUT2D eigenvalue weighted by molar-refractivity contribution is 5.96. The molecule has 2 aromatic rings. The summed E-state index contributed by atoms with van der Waals surface area (Å²) in [7, 11) is 0. The quantitative estimate of drug-likeness (QED) is 0.903. The molecule has 130 valence electrons. The first-order chi connectivity index (χ1) is 12.2. The molecule has 0 aliphatic carbocycles. The fraction of sp³-hybridized carbons (Fsp3) is 0.350. The van der Waals surface area contributed by atoms with Gasteiger partial charge in [0.15, 0.2) is 0 Å². The van der Waals surface area contributed by atoms with Gasteiger partial charge in [0.25, 0.3) is 5.91 Å². The van der Waals surface area contributed by atoms with Gasteiger partial charge in [0.2, 0.25) is 0 Å². The van der Waals surface area contributed by atoms with E-state index in [0.717, 1.165) is 41.8 Å². The van der Waals surface area contributed by atoms with Gasteiger partial charge in [0, 0.05) is 24.6 Å². The lowest BCUT2D eigenvalue weighted by Crippen LogP contribution is -2.33. The molecule has 25 heavy (non-hydrogen) atoms. The first-order valence-corrected chi connectivity index (χ1v) is 8.74. The van der Waals surface area contributed by atoms with Gasteiger partial charge in [-0.1, -0.05) is 18.2 Å². The molecule has 2 aromatic carbocycles. The number of halogens is 1. The van der Waals surface area contributed by atoms with Crippen LogP contribution in [0.15, 0.2) is 36.4 Å². The Morgan fingerprint density at radius 2 is 2.20 bits per heavy atom. The molecule has 0 fully saturated rings. The van der Waals surface area contributed by atoms with Crippen LogP contribution in [0.5, 0.6) is 5.75 Å². The molecular weight excluding hydrogens is 319 g/mol. The molecule has 4 nitrogen and oxygen atoms in total. The maximum absolute atomic E-state index is 13.9. The maximum Gasteiger partial charge on any atom is 0.251 e. The zero-order valence-corrected chi connectivity index (χ0v) is 14.0. The third-order valence-electron chi connectivity index (χ3n) is 5.02. The SMILES string of the molecule is O=C(NCC1CCOc2ccccc21)c1cc(F)cc2c1CNCC2. The lowest BCUT2D eigenvalue weighted by Gasteiger charge is -2.26. The predicted octanol–water partition coefficient (Wildman–Crippen LogP) is 2.77. The highest BCUT2D eigenvalue weighted by Gasteiger charge is 2.23. The van der Waals surface area contributed by atoms with Gasteiger partial charge in [-0.15, -0.1) is 0 Å². The predicted molar refractivity (Wildman–Crippen MR) is 93.4 cm³/mol. The number of carbonyl (C=O) groups excluding carboxylic acids is 1. The minimum absolute atomic E-state index is 0.205. The summed E-state index contributed by atoms with van der Waals surface area (Å²) in [4.78, 5) is 12.7. The average Bonchev–Trinajstić information content (AvgIpc) is 2.65. The van der Waals surface area contributed by atoms with Crippen molar-refractivity contribution in [2.24, 2.45) is 0 Å². The molecule has 0 aromatic heterocycles. The molecule has 1 unspecified atom stereocenters. The standard InChI is InChI=1S/C20H21FN2O2/c21-15-9-13-5-7-22-12-18(13)17(10-15)20(24)23-11-14-6-8-25-19-4-2-1-3-16(14)19/h1-4,9-10,14,22H,5-8,11-12H2,(H,23,24). The van der Waals surface area contributed by atoms with Gasteiger partial charge in [-0.3, -0.25) is 4.79 Å². The summed E-state index contributed by atoms with van der Waals surface area (Å²) < 4.78 is 19.6. The van der Waals surface area contributed by atoms with Gasteiger partial charge >= 0.3 is 0 Å². The van der Waals surface area contributed by atoms with Crippen LogP contribution in [0.3, 0.4) is 0 Å². The van der Waals surface area contributed by atoms with Gasteiger partial charge < -0.3 is 15.4 Å². The summed E-state index contributed by atoms with van der Waals surface area (Å²) in [6.07, 6.45) is 1.61. The number of fused-ring (bicyclic) bond motifs is 2. The molecule has 1 amide bonds. The normalized spacial score (nSPS) is 18.7. The van der Waals surface area contributed by atoms with Crippen LogP contribution in [0, 0.1) is 5.82 Å². The van der Waals surface area contributed by atoms with E-state index in [1.54, 1.807) is 6.07 Å². The van der Waals surface area contributed by atoms with E-state index in [0.29, 0.717) is 25.3 Å². The second kappa shape index (κ2) is 6.84. The Bertz CT molecular complexity index is 806. The molecule has 2 aliphatic heterocycles. The Labute approximate surface area is 146 Å². The summed E-state index contributed by atoms with van der Waals surface area (Å²) >= 11 is 0. The van der Waals surface area contributed by atoms with Crippen LogP contribution in [0.2, 0.25) is 0 Å². The van der Waals surface area contributed by atoms with Crippen molar-refractivity contribution >= 4 is 5.91 Å². The molecule has 5 heteroatoms. The molecule has 4 rings (SSSR count). The van der Waals surface area contributed by atoms with Crippen LogP contribution in [-0.4, -0.2) is 25.6 Å². The van der Waals surface area contributed by atoms with Gasteiger partial charge in [-0.25, -0.2) is 4.39 Å². The summed E-state index contributed by atoms with van der Waals surface area (Å²) in [6, 6.07) is 10.8. The lowest BCUT2D eigenvalue weighted by molar-refractivity contribution is 0.0946. The molecule has 2 N–H and O–H groups in total. The van der Waals surface area contributed by atoms with Crippen molar-refractivity contribution in [3.05, 3.63) is 64.5 Å². The van der Waals surface area contributed by atoms with E-state index in [-0.39, 0.29) is 17.6 Å². The largest absolute Gasteiger partial charge is 0.493 e. The van der Waals surface area contributed by atoms with Crippen molar-refractivity contribution in [3.8, 4) is 5.75 Å². The maximum atomic E-state index is 13.9. The number of amides is 1. The van der Waals surface area contributed by atoms with Crippen molar-refractivity contribution in [3.63, 3.8) is 0 Å². The second-order valence-corrected chi connectivity index (χ2v) is 6.60. The van der Waals surface area contributed by atoms with E-state index in [2.05, 4.69) is 10.6 Å². The van der Waals surface area contributed by atoms with Crippen molar-refractivity contribution in [1.29, 1.82) is 0 Å². The van der Waals surface area contributed by atoms with Crippen LogP contribution >= 0.6 is 0 Å². The molecule has 0 spiro atoms. The molecule has 0 saturated carbocycles. The van der Waals surface area contributed by atoms with E-state index in [9.17, 15) is 9.18 Å². The van der Waals surface area contributed by atoms with E-state index >= 15 is 0 Å². The minimum Gasteiger partial charge on any atom is -0.493 e. The Balaban J connectivity index is 1.51. The van der Waals surface area contributed by atoms with Crippen LogP contribution in [0.1, 0.15) is 39.4 Å². The number of benzene rings is 2. The van der Waals surface area contributed by atoms with Gasteiger partial charge in [-0.05, 0) is 54.3 Å². The monoisotopic (exact) mass is 340 g/mol. The number of para-hydroxylation sites is 1. The highest BCUT2D eigenvalue weighted by atomic mass is 19.1. The summed E-state index contributed by atoms with van der Waals surface area (Å²) in [6.45, 7) is 2.60. The molecular formula is C20H21FN2O2. The molecule has 1 atom stereocenters. The summed E-state index contributed by atoms with van der Waals surface area (Å²) in [5.74, 6) is 0.558. The second-order valence-electron chi connectivity index (χ2n) is 6.60.